The van der Waals surface area contributed by atoms with Crippen molar-refractivity contribution in [2.24, 2.45) is 7.05 Å². The molecule has 2 aromatic rings. The molecule has 1 heterocycles. The van der Waals surface area contributed by atoms with E-state index in [-0.39, 0.29) is 11.8 Å². The number of fused-ring (bicyclic) bond motifs is 1. The Morgan fingerprint density at radius 1 is 1.33 bits per heavy atom. The summed E-state index contributed by atoms with van der Waals surface area (Å²) in [7, 11) is 1.90. The third-order valence-electron chi connectivity index (χ3n) is 3.72. The Morgan fingerprint density at radius 2 is 2.10 bits per heavy atom. The topological polar surface area (TPSA) is 59.0 Å². The Labute approximate surface area is 122 Å². The van der Waals surface area contributed by atoms with Gasteiger partial charge in [-0.2, -0.15) is 5.10 Å². The third kappa shape index (κ3) is 2.89. The van der Waals surface area contributed by atoms with Crippen molar-refractivity contribution >= 4 is 11.7 Å². The molecule has 0 fully saturated rings. The number of nitrogens with zero attached hydrogens (tertiary/aromatic N) is 2. The van der Waals surface area contributed by atoms with Gasteiger partial charge in [-0.1, -0.05) is 0 Å². The first-order valence-corrected chi connectivity index (χ1v) is 6.97. The Morgan fingerprint density at radius 3 is 2.86 bits per heavy atom. The highest BCUT2D eigenvalue weighted by Crippen LogP contribution is 2.24. The maximum absolute atomic E-state index is 12.8. The monoisotopic (exact) mass is 288 g/mol. The minimum atomic E-state index is -0.327. The fourth-order valence-corrected chi connectivity index (χ4v) is 2.68. The van der Waals surface area contributed by atoms with E-state index in [2.05, 4.69) is 15.7 Å². The molecule has 0 unspecified atom stereocenters. The maximum atomic E-state index is 12.8. The molecule has 110 valence electrons. The SMILES string of the molecule is Cn1nc2c(c1CNC(=O)Nc1ccc(F)cc1)CCC2. The van der Waals surface area contributed by atoms with Crippen molar-refractivity contribution in [3.63, 3.8) is 0 Å². The van der Waals surface area contributed by atoms with Gasteiger partial charge >= 0.3 is 6.03 Å². The Bertz CT molecular complexity index is 663. The maximum Gasteiger partial charge on any atom is 0.319 e. The summed E-state index contributed by atoms with van der Waals surface area (Å²) in [6.07, 6.45) is 3.18. The van der Waals surface area contributed by atoms with Crippen LogP contribution in [0.25, 0.3) is 0 Å². The fraction of sp³-hybridized carbons (Fsp3) is 0.333. The summed E-state index contributed by atoms with van der Waals surface area (Å²) >= 11 is 0. The predicted molar refractivity (Wildman–Crippen MR) is 77.5 cm³/mol. The summed E-state index contributed by atoms with van der Waals surface area (Å²) < 4.78 is 14.6. The number of urea groups is 1. The molecule has 0 saturated heterocycles. The molecule has 0 spiro atoms. The molecular formula is C15H17FN4O. The van der Waals surface area contributed by atoms with E-state index in [9.17, 15) is 9.18 Å². The van der Waals surface area contributed by atoms with E-state index in [4.69, 9.17) is 0 Å². The second-order valence-corrected chi connectivity index (χ2v) is 5.16. The van der Waals surface area contributed by atoms with Gasteiger partial charge in [0, 0.05) is 12.7 Å². The normalized spacial score (nSPS) is 13.0. The van der Waals surface area contributed by atoms with Crippen LogP contribution in [0.4, 0.5) is 14.9 Å². The van der Waals surface area contributed by atoms with E-state index >= 15 is 0 Å². The van der Waals surface area contributed by atoms with Gasteiger partial charge in [-0.15, -0.1) is 0 Å². The van der Waals surface area contributed by atoms with Crippen LogP contribution in [-0.2, 0) is 26.4 Å². The number of hydrogen-bond acceptors (Lipinski definition) is 2. The molecule has 5 nitrogen and oxygen atoms in total. The smallest absolute Gasteiger partial charge is 0.319 e. The Balaban J connectivity index is 1.60. The largest absolute Gasteiger partial charge is 0.332 e. The van der Waals surface area contributed by atoms with Gasteiger partial charge in [0.15, 0.2) is 0 Å². The van der Waals surface area contributed by atoms with Gasteiger partial charge in [-0.05, 0) is 49.1 Å². The second-order valence-electron chi connectivity index (χ2n) is 5.16. The van der Waals surface area contributed by atoms with Gasteiger partial charge in [0.05, 0.1) is 17.9 Å². The number of amides is 2. The van der Waals surface area contributed by atoms with Gasteiger partial charge in [0.2, 0.25) is 0 Å². The van der Waals surface area contributed by atoms with Crippen LogP contribution in [0.15, 0.2) is 24.3 Å². The lowest BCUT2D eigenvalue weighted by Crippen LogP contribution is -2.29. The fourth-order valence-electron chi connectivity index (χ4n) is 2.68. The molecule has 6 heteroatoms. The highest BCUT2D eigenvalue weighted by atomic mass is 19.1. The van der Waals surface area contributed by atoms with E-state index in [1.807, 2.05) is 11.7 Å². The molecule has 0 radical (unpaired) electrons. The minimum absolute atomic E-state index is 0.311. The first-order valence-electron chi connectivity index (χ1n) is 6.97. The van der Waals surface area contributed by atoms with Gasteiger partial charge in [0.1, 0.15) is 5.82 Å². The van der Waals surface area contributed by atoms with Gasteiger partial charge in [-0.25, -0.2) is 9.18 Å². The van der Waals surface area contributed by atoms with Gasteiger partial charge in [-0.3, -0.25) is 4.68 Å². The number of rotatable bonds is 3. The van der Waals surface area contributed by atoms with Crippen LogP contribution < -0.4 is 10.6 Å². The molecule has 2 N–H and O–H groups in total. The molecule has 0 saturated carbocycles. The Hall–Kier alpha value is -2.37. The molecule has 1 aromatic heterocycles. The van der Waals surface area contributed by atoms with Crippen LogP contribution in [-0.4, -0.2) is 15.8 Å². The molecule has 0 bridgehead atoms. The molecule has 2 amide bonds. The van der Waals surface area contributed by atoms with Crippen molar-refractivity contribution in [1.29, 1.82) is 0 Å². The highest BCUT2D eigenvalue weighted by Gasteiger charge is 2.20. The lowest BCUT2D eigenvalue weighted by atomic mass is 10.2. The highest BCUT2D eigenvalue weighted by molar-refractivity contribution is 5.89. The predicted octanol–water partition coefficient (Wildman–Crippen LogP) is 2.37. The van der Waals surface area contributed by atoms with Crippen molar-refractivity contribution in [1.82, 2.24) is 15.1 Å². The number of benzene rings is 1. The van der Waals surface area contributed by atoms with E-state index in [0.29, 0.717) is 12.2 Å². The van der Waals surface area contributed by atoms with E-state index < -0.39 is 0 Å². The van der Waals surface area contributed by atoms with Gasteiger partial charge < -0.3 is 10.6 Å². The van der Waals surface area contributed by atoms with Crippen LogP contribution >= 0.6 is 0 Å². The summed E-state index contributed by atoms with van der Waals surface area (Å²) in [5.74, 6) is -0.327. The minimum Gasteiger partial charge on any atom is -0.332 e. The van der Waals surface area contributed by atoms with Crippen LogP contribution in [0.3, 0.4) is 0 Å². The number of aromatic nitrogens is 2. The zero-order valence-corrected chi connectivity index (χ0v) is 11.8. The number of carbonyl (C=O) groups excluding carboxylic acids is 1. The zero-order chi connectivity index (χ0) is 14.8. The number of anilines is 1. The van der Waals surface area contributed by atoms with E-state index in [0.717, 1.165) is 30.7 Å². The van der Waals surface area contributed by atoms with Crippen molar-refractivity contribution in [2.45, 2.75) is 25.8 Å². The zero-order valence-electron chi connectivity index (χ0n) is 11.8. The van der Waals surface area contributed by atoms with Gasteiger partial charge in [0.25, 0.3) is 0 Å². The quantitative estimate of drug-likeness (QED) is 0.911. The average molecular weight is 288 g/mol. The first-order chi connectivity index (χ1) is 10.1. The Kier molecular flexibility index (Phi) is 3.60. The molecular weight excluding hydrogens is 271 g/mol. The number of carbonyl (C=O) groups is 1. The average Bonchev–Trinajstić information content (AvgIpc) is 3.00. The summed E-state index contributed by atoms with van der Waals surface area (Å²) in [6, 6.07) is 5.36. The summed E-state index contributed by atoms with van der Waals surface area (Å²) in [6.45, 7) is 0.436. The molecule has 1 aliphatic carbocycles. The lowest BCUT2D eigenvalue weighted by molar-refractivity contribution is 0.251. The van der Waals surface area contributed by atoms with Crippen LogP contribution in [0.2, 0.25) is 0 Å². The first kappa shape index (κ1) is 13.6. The summed E-state index contributed by atoms with van der Waals surface area (Å²) in [4.78, 5) is 11.9. The second kappa shape index (κ2) is 5.55. The van der Waals surface area contributed by atoms with Crippen molar-refractivity contribution in [3.05, 3.63) is 47.0 Å². The molecule has 0 atom stereocenters. The number of aryl methyl sites for hydroxylation is 2. The lowest BCUT2D eigenvalue weighted by Gasteiger charge is -2.09. The molecule has 3 rings (SSSR count). The van der Waals surface area contributed by atoms with E-state index in [1.54, 1.807) is 0 Å². The molecule has 1 aliphatic rings. The molecule has 1 aromatic carbocycles. The van der Waals surface area contributed by atoms with E-state index in [1.165, 1.54) is 29.8 Å². The summed E-state index contributed by atoms with van der Waals surface area (Å²) in [5, 5.41) is 9.95. The number of halogens is 1. The third-order valence-corrected chi connectivity index (χ3v) is 3.72. The standard InChI is InChI=1S/C15H17FN4O/c1-20-14(12-3-2-4-13(12)19-20)9-17-15(21)18-11-7-5-10(16)6-8-11/h5-8H,2-4,9H2,1H3,(H2,17,18,21). The van der Waals surface area contributed by atoms with Crippen molar-refractivity contribution in [3.8, 4) is 0 Å². The van der Waals surface area contributed by atoms with Crippen molar-refractivity contribution < 1.29 is 9.18 Å². The molecule has 21 heavy (non-hydrogen) atoms. The number of nitrogens with one attached hydrogen (secondary N) is 2. The summed E-state index contributed by atoms with van der Waals surface area (Å²) in [5.41, 5.74) is 4.02. The number of hydrogen-bond donors (Lipinski definition) is 2. The van der Waals surface area contributed by atoms with Crippen LogP contribution in [0.5, 0.6) is 0 Å². The van der Waals surface area contributed by atoms with Crippen LogP contribution in [0, 0.1) is 5.82 Å². The van der Waals surface area contributed by atoms with Crippen LogP contribution in [0.1, 0.15) is 23.4 Å². The molecule has 0 aliphatic heterocycles. The van der Waals surface area contributed by atoms with Crippen molar-refractivity contribution in [2.75, 3.05) is 5.32 Å².